The Bertz CT molecular complexity index is 785. The Kier molecular flexibility index (Phi) is 5.97. The molecule has 2 heterocycles. The predicted octanol–water partition coefficient (Wildman–Crippen LogP) is 3.32. The van der Waals surface area contributed by atoms with Crippen LogP contribution in [0.2, 0.25) is 0 Å². The molecule has 1 saturated heterocycles. The number of hydrogen-bond acceptors (Lipinski definition) is 6. The second-order valence-electron chi connectivity index (χ2n) is 8.30. The second-order valence-corrected chi connectivity index (χ2v) is 8.30. The molecule has 2 aliphatic rings. The third kappa shape index (κ3) is 5.05. The van der Waals surface area contributed by atoms with Gasteiger partial charge in [-0.3, -0.25) is 0 Å². The van der Waals surface area contributed by atoms with Crippen molar-refractivity contribution < 1.29 is 14.3 Å². The molecule has 0 radical (unpaired) electrons. The maximum absolute atomic E-state index is 12.0. The maximum Gasteiger partial charge on any atom is 0.410 e. The van der Waals surface area contributed by atoms with Crippen LogP contribution in [-0.4, -0.2) is 57.0 Å². The van der Waals surface area contributed by atoms with Crippen LogP contribution >= 0.6 is 0 Å². The van der Waals surface area contributed by atoms with Gasteiger partial charge < -0.3 is 14.4 Å². The highest BCUT2D eigenvalue weighted by Gasteiger charge is 2.43. The first-order chi connectivity index (χ1) is 14.1. The SMILES string of the molecule is CC(C)OC(=O)N1CCC([C@H]2C[C@H]2CCOc2ccc(-n3cnnn3)cc2)CC1. The van der Waals surface area contributed by atoms with Gasteiger partial charge in [0, 0.05) is 13.1 Å². The van der Waals surface area contributed by atoms with Crippen molar-refractivity contribution in [2.75, 3.05) is 19.7 Å². The van der Waals surface area contributed by atoms with Crippen LogP contribution in [0.15, 0.2) is 30.6 Å². The molecule has 1 aliphatic heterocycles. The van der Waals surface area contributed by atoms with Crippen molar-refractivity contribution in [3.63, 3.8) is 0 Å². The standard InChI is InChI=1S/C21H29N5O3/c1-15(2)29-21(27)25-10-7-16(8-11-25)20-13-17(20)9-12-28-19-5-3-18(4-6-19)26-14-22-23-24-26/h3-6,14-17,20H,7-13H2,1-2H3/t17-,20-/m1/s1. The van der Waals surface area contributed by atoms with E-state index in [9.17, 15) is 4.79 Å². The summed E-state index contributed by atoms with van der Waals surface area (Å²) in [4.78, 5) is 13.9. The quantitative estimate of drug-likeness (QED) is 0.710. The molecule has 1 saturated carbocycles. The summed E-state index contributed by atoms with van der Waals surface area (Å²) in [6.07, 6.45) is 5.93. The fraction of sp³-hybridized carbons (Fsp3) is 0.619. The van der Waals surface area contributed by atoms with Gasteiger partial charge in [0.15, 0.2) is 0 Å². The number of ether oxygens (including phenoxy) is 2. The molecule has 8 nitrogen and oxygen atoms in total. The summed E-state index contributed by atoms with van der Waals surface area (Å²) in [5, 5.41) is 11.2. The Balaban J connectivity index is 1.15. The zero-order chi connectivity index (χ0) is 20.2. The number of nitrogens with zero attached hydrogens (tertiary/aromatic N) is 5. The molecule has 2 aromatic rings. The molecule has 1 amide bonds. The predicted molar refractivity (Wildman–Crippen MR) is 107 cm³/mol. The number of tetrazole rings is 1. The van der Waals surface area contributed by atoms with Crippen molar-refractivity contribution in [3.8, 4) is 11.4 Å². The first-order valence-electron chi connectivity index (χ1n) is 10.5. The van der Waals surface area contributed by atoms with Gasteiger partial charge in [0.25, 0.3) is 0 Å². The highest BCUT2D eigenvalue weighted by Crippen LogP contribution is 2.49. The molecule has 1 aromatic carbocycles. The van der Waals surface area contributed by atoms with E-state index in [0.717, 1.165) is 68.1 Å². The Morgan fingerprint density at radius 3 is 2.62 bits per heavy atom. The minimum Gasteiger partial charge on any atom is -0.494 e. The number of benzene rings is 1. The zero-order valence-electron chi connectivity index (χ0n) is 17.1. The van der Waals surface area contributed by atoms with Crippen LogP contribution in [0.5, 0.6) is 5.75 Å². The van der Waals surface area contributed by atoms with E-state index in [4.69, 9.17) is 9.47 Å². The molecule has 1 aromatic heterocycles. The Hall–Kier alpha value is -2.64. The van der Waals surface area contributed by atoms with E-state index in [2.05, 4.69) is 15.5 Å². The van der Waals surface area contributed by atoms with Gasteiger partial charge in [-0.05, 0) is 92.0 Å². The summed E-state index contributed by atoms with van der Waals surface area (Å²) < 4.78 is 12.8. The summed E-state index contributed by atoms with van der Waals surface area (Å²) in [5.41, 5.74) is 0.910. The average Bonchev–Trinajstić information content (AvgIpc) is 3.28. The van der Waals surface area contributed by atoms with Crippen molar-refractivity contribution >= 4 is 6.09 Å². The van der Waals surface area contributed by atoms with E-state index in [-0.39, 0.29) is 12.2 Å². The van der Waals surface area contributed by atoms with E-state index in [0.29, 0.717) is 0 Å². The number of rotatable bonds is 7. The monoisotopic (exact) mass is 399 g/mol. The van der Waals surface area contributed by atoms with Crippen LogP contribution in [-0.2, 0) is 4.74 Å². The lowest BCUT2D eigenvalue weighted by Crippen LogP contribution is -2.40. The molecule has 8 heteroatoms. The maximum atomic E-state index is 12.0. The van der Waals surface area contributed by atoms with E-state index in [1.54, 1.807) is 11.0 Å². The molecule has 0 bridgehead atoms. The van der Waals surface area contributed by atoms with Gasteiger partial charge in [0.2, 0.25) is 0 Å². The van der Waals surface area contributed by atoms with Gasteiger partial charge in [0.1, 0.15) is 12.1 Å². The lowest BCUT2D eigenvalue weighted by atomic mass is 9.91. The van der Waals surface area contributed by atoms with Crippen molar-refractivity contribution in [2.24, 2.45) is 17.8 Å². The molecule has 4 rings (SSSR count). The molecule has 2 fully saturated rings. The summed E-state index contributed by atoms with van der Waals surface area (Å²) in [7, 11) is 0. The van der Waals surface area contributed by atoms with Crippen LogP contribution in [0.25, 0.3) is 5.69 Å². The number of hydrogen-bond donors (Lipinski definition) is 0. The fourth-order valence-corrected chi connectivity index (χ4v) is 4.27. The molecule has 0 spiro atoms. The topological polar surface area (TPSA) is 82.4 Å². The van der Waals surface area contributed by atoms with Crippen molar-refractivity contribution in [2.45, 2.75) is 45.6 Å². The smallest absolute Gasteiger partial charge is 0.410 e. The lowest BCUT2D eigenvalue weighted by Gasteiger charge is -2.32. The minimum absolute atomic E-state index is 0.0520. The Morgan fingerprint density at radius 1 is 1.21 bits per heavy atom. The van der Waals surface area contributed by atoms with Gasteiger partial charge in [-0.15, -0.1) is 5.10 Å². The molecule has 156 valence electrons. The normalized spacial score (nSPS) is 22.0. The molecular weight excluding hydrogens is 370 g/mol. The van der Waals surface area contributed by atoms with E-state index in [1.807, 2.05) is 43.0 Å². The molecule has 0 unspecified atom stereocenters. The van der Waals surface area contributed by atoms with Crippen molar-refractivity contribution in [3.05, 3.63) is 30.6 Å². The third-order valence-electron chi connectivity index (χ3n) is 5.92. The lowest BCUT2D eigenvalue weighted by molar-refractivity contribution is 0.0633. The third-order valence-corrected chi connectivity index (χ3v) is 5.92. The van der Waals surface area contributed by atoms with Gasteiger partial charge in [-0.2, -0.15) is 0 Å². The number of likely N-dealkylation sites (tertiary alicyclic amines) is 1. The van der Waals surface area contributed by atoms with Gasteiger partial charge in [-0.25, -0.2) is 9.48 Å². The highest BCUT2D eigenvalue weighted by molar-refractivity contribution is 5.67. The number of carbonyl (C=O) groups excluding carboxylic acids is 1. The average molecular weight is 399 g/mol. The molecular formula is C21H29N5O3. The number of piperidine rings is 1. The zero-order valence-corrected chi connectivity index (χ0v) is 17.1. The van der Waals surface area contributed by atoms with Crippen LogP contribution in [0, 0.1) is 17.8 Å². The summed E-state index contributed by atoms with van der Waals surface area (Å²) >= 11 is 0. The highest BCUT2D eigenvalue weighted by atomic mass is 16.6. The number of aromatic nitrogens is 4. The Morgan fingerprint density at radius 2 is 1.97 bits per heavy atom. The van der Waals surface area contributed by atoms with Gasteiger partial charge in [0.05, 0.1) is 18.4 Å². The number of carbonyl (C=O) groups is 1. The molecule has 2 atom stereocenters. The van der Waals surface area contributed by atoms with Crippen LogP contribution < -0.4 is 4.74 Å². The summed E-state index contributed by atoms with van der Waals surface area (Å²) in [5.74, 6) is 3.16. The first kappa shape index (κ1) is 19.7. The second kappa shape index (κ2) is 8.80. The van der Waals surface area contributed by atoms with E-state index < -0.39 is 0 Å². The van der Waals surface area contributed by atoms with Crippen molar-refractivity contribution in [1.29, 1.82) is 0 Å². The fourth-order valence-electron chi connectivity index (χ4n) is 4.27. The van der Waals surface area contributed by atoms with E-state index in [1.165, 1.54) is 6.42 Å². The minimum atomic E-state index is -0.162. The van der Waals surface area contributed by atoms with Crippen LogP contribution in [0.1, 0.15) is 39.5 Å². The van der Waals surface area contributed by atoms with Crippen molar-refractivity contribution in [1.82, 2.24) is 25.1 Å². The van der Waals surface area contributed by atoms with E-state index >= 15 is 0 Å². The van der Waals surface area contributed by atoms with Crippen LogP contribution in [0.4, 0.5) is 4.79 Å². The van der Waals surface area contributed by atoms with Crippen LogP contribution in [0.3, 0.4) is 0 Å². The summed E-state index contributed by atoms with van der Waals surface area (Å²) in [6.45, 7) is 6.17. The first-order valence-corrected chi connectivity index (χ1v) is 10.5. The number of amides is 1. The largest absolute Gasteiger partial charge is 0.494 e. The Labute approximate surface area is 171 Å². The van der Waals surface area contributed by atoms with Gasteiger partial charge in [-0.1, -0.05) is 0 Å². The van der Waals surface area contributed by atoms with Gasteiger partial charge >= 0.3 is 6.09 Å². The summed E-state index contributed by atoms with van der Waals surface area (Å²) in [6, 6.07) is 7.80. The molecule has 0 N–H and O–H groups in total. The molecule has 1 aliphatic carbocycles. The molecule has 29 heavy (non-hydrogen) atoms.